The van der Waals surface area contributed by atoms with Gasteiger partial charge in [-0.2, -0.15) is 0 Å². The Morgan fingerprint density at radius 3 is 3.38 bits per heavy atom. The van der Waals surface area contributed by atoms with Crippen LogP contribution < -0.4 is 5.32 Å². The van der Waals surface area contributed by atoms with E-state index in [2.05, 4.69) is 21.8 Å². The maximum absolute atomic E-state index is 5.84. The number of fused-ring (bicyclic) bond motifs is 1. The summed E-state index contributed by atoms with van der Waals surface area (Å²) in [5.41, 5.74) is 2.64. The summed E-state index contributed by atoms with van der Waals surface area (Å²) < 4.78 is 8.13. The maximum atomic E-state index is 5.84. The first kappa shape index (κ1) is 10.3. The molecule has 2 aliphatic heterocycles. The number of imidazole rings is 1. The van der Waals surface area contributed by atoms with Gasteiger partial charge in [0.2, 0.25) is 0 Å². The molecular weight excluding hydrogens is 202 g/mol. The Labute approximate surface area is 96.0 Å². The second kappa shape index (κ2) is 3.86. The maximum Gasteiger partial charge on any atom is 0.0953 e. The molecular formula is C12H19N3O. The molecule has 0 amide bonds. The van der Waals surface area contributed by atoms with Crippen LogP contribution in [0.5, 0.6) is 0 Å². The SMILES string of the molecule is CC1(Cn2cnc3c2CCNC3)CCCO1. The molecule has 16 heavy (non-hydrogen) atoms. The number of nitrogens with one attached hydrogen (secondary N) is 1. The molecule has 2 aliphatic rings. The molecule has 0 aromatic carbocycles. The summed E-state index contributed by atoms with van der Waals surface area (Å²) in [7, 11) is 0. The fourth-order valence-corrected chi connectivity index (χ4v) is 2.76. The van der Waals surface area contributed by atoms with Gasteiger partial charge in [-0.05, 0) is 19.8 Å². The van der Waals surface area contributed by atoms with Gasteiger partial charge in [-0.3, -0.25) is 0 Å². The third kappa shape index (κ3) is 1.76. The van der Waals surface area contributed by atoms with Crippen molar-refractivity contribution < 1.29 is 4.74 Å². The average Bonchev–Trinajstić information content (AvgIpc) is 2.87. The van der Waals surface area contributed by atoms with Crippen molar-refractivity contribution in [1.82, 2.24) is 14.9 Å². The lowest BCUT2D eigenvalue weighted by molar-refractivity contribution is 0.00562. The van der Waals surface area contributed by atoms with Gasteiger partial charge in [-0.15, -0.1) is 0 Å². The van der Waals surface area contributed by atoms with Crippen LogP contribution in [0, 0.1) is 0 Å². The van der Waals surface area contributed by atoms with E-state index in [0.717, 1.165) is 39.1 Å². The fraction of sp³-hybridized carbons (Fsp3) is 0.750. The van der Waals surface area contributed by atoms with Crippen LogP contribution in [0.3, 0.4) is 0 Å². The second-order valence-electron chi connectivity index (χ2n) is 5.09. The molecule has 1 atom stereocenters. The Bertz CT molecular complexity index is 380. The largest absolute Gasteiger partial charge is 0.373 e. The Morgan fingerprint density at radius 2 is 2.56 bits per heavy atom. The number of hydrogen-bond acceptors (Lipinski definition) is 3. The Morgan fingerprint density at radius 1 is 1.62 bits per heavy atom. The molecule has 0 spiro atoms. The zero-order valence-corrected chi connectivity index (χ0v) is 9.83. The predicted octanol–water partition coefficient (Wildman–Crippen LogP) is 1.10. The molecule has 4 nitrogen and oxygen atoms in total. The quantitative estimate of drug-likeness (QED) is 0.812. The van der Waals surface area contributed by atoms with Crippen LogP contribution >= 0.6 is 0 Å². The molecule has 1 saturated heterocycles. The van der Waals surface area contributed by atoms with Crippen molar-refractivity contribution >= 4 is 0 Å². The smallest absolute Gasteiger partial charge is 0.0953 e. The topological polar surface area (TPSA) is 39.1 Å². The molecule has 0 saturated carbocycles. The van der Waals surface area contributed by atoms with Crippen molar-refractivity contribution in [2.75, 3.05) is 13.2 Å². The molecule has 4 heteroatoms. The minimum absolute atomic E-state index is 0.0271. The van der Waals surface area contributed by atoms with Crippen LogP contribution in [-0.4, -0.2) is 28.3 Å². The van der Waals surface area contributed by atoms with Gasteiger partial charge in [-0.1, -0.05) is 0 Å². The lowest BCUT2D eigenvalue weighted by Crippen LogP contribution is -2.32. The van der Waals surface area contributed by atoms with E-state index >= 15 is 0 Å². The van der Waals surface area contributed by atoms with Crippen LogP contribution in [-0.2, 0) is 24.2 Å². The molecule has 1 unspecified atom stereocenters. The van der Waals surface area contributed by atoms with Crippen molar-refractivity contribution in [3.8, 4) is 0 Å². The highest BCUT2D eigenvalue weighted by molar-refractivity contribution is 5.16. The number of nitrogens with zero attached hydrogens (tertiary/aromatic N) is 2. The molecule has 1 fully saturated rings. The van der Waals surface area contributed by atoms with Gasteiger partial charge in [0.05, 0.1) is 24.2 Å². The summed E-state index contributed by atoms with van der Waals surface area (Å²) >= 11 is 0. The summed E-state index contributed by atoms with van der Waals surface area (Å²) in [6.45, 7) is 6.06. The molecule has 1 aromatic heterocycles. The number of ether oxygens (including phenoxy) is 1. The highest BCUT2D eigenvalue weighted by atomic mass is 16.5. The van der Waals surface area contributed by atoms with E-state index in [1.165, 1.54) is 17.8 Å². The van der Waals surface area contributed by atoms with Gasteiger partial charge < -0.3 is 14.6 Å². The van der Waals surface area contributed by atoms with Crippen molar-refractivity contribution in [3.05, 3.63) is 17.7 Å². The summed E-state index contributed by atoms with van der Waals surface area (Å²) in [5, 5.41) is 3.35. The van der Waals surface area contributed by atoms with Crippen molar-refractivity contribution in [1.29, 1.82) is 0 Å². The zero-order valence-electron chi connectivity index (χ0n) is 9.83. The summed E-state index contributed by atoms with van der Waals surface area (Å²) in [5.74, 6) is 0. The first-order chi connectivity index (χ1) is 7.77. The highest BCUT2D eigenvalue weighted by Gasteiger charge is 2.31. The van der Waals surface area contributed by atoms with Crippen molar-refractivity contribution in [2.24, 2.45) is 0 Å². The predicted molar refractivity (Wildman–Crippen MR) is 61.2 cm³/mol. The molecule has 0 radical (unpaired) electrons. The number of rotatable bonds is 2. The Kier molecular flexibility index (Phi) is 2.48. The van der Waals surface area contributed by atoms with E-state index in [9.17, 15) is 0 Å². The van der Waals surface area contributed by atoms with Crippen LogP contribution in [0.2, 0.25) is 0 Å². The molecule has 0 bridgehead atoms. The second-order valence-corrected chi connectivity index (χ2v) is 5.09. The Hall–Kier alpha value is -0.870. The van der Waals surface area contributed by atoms with Gasteiger partial charge in [0, 0.05) is 31.8 Å². The molecule has 3 rings (SSSR count). The van der Waals surface area contributed by atoms with Gasteiger partial charge in [0.1, 0.15) is 0 Å². The lowest BCUT2D eigenvalue weighted by Gasteiger charge is -2.25. The summed E-state index contributed by atoms with van der Waals surface area (Å²) in [6, 6.07) is 0. The van der Waals surface area contributed by atoms with Crippen molar-refractivity contribution in [3.63, 3.8) is 0 Å². The van der Waals surface area contributed by atoms with Gasteiger partial charge >= 0.3 is 0 Å². The standard InChI is InChI=1S/C12H19N3O/c1-12(4-2-6-16-12)8-15-9-14-10-7-13-5-3-11(10)15/h9,13H,2-8H2,1H3. The summed E-state index contributed by atoms with van der Waals surface area (Å²) in [6.07, 6.45) is 5.42. The minimum Gasteiger partial charge on any atom is -0.373 e. The van der Waals surface area contributed by atoms with E-state index in [1.54, 1.807) is 0 Å². The van der Waals surface area contributed by atoms with E-state index in [1.807, 2.05) is 6.33 Å². The highest BCUT2D eigenvalue weighted by Crippen LogP contribution is 2.28. The van der Waals surface area contributed by atoms with Crippen molar-refractivity contribution in [2.45, 2.75) is 44.9 Å². The van der Waals surface area contributed by atoms with E-state index in [4.69, 9.17) is 4.74 Å². The Balaban J connectivity index is 1.81. The van der Waals surface area contributed by atoms with Crippen LogP contribution in [0.4, 0.5) is 0 Å². The van der Waals surface area contributed by atoms with Gasteiger partial charge in [0.15, 0.2) is 0 Å². The summed E-state index contributed by atoms with van der Waals surface area (Å²) in [4.78, 5) is 4.47. The zero-order chi connectivity index (χ0) is 11.0. The fourth-order valence-electron chi connectivity index (χ4n) is 2.76. The first-order valence-electron chi connectivity index (χ1n) is 6.14. The van der Waals surface area contributed by atoms with E-state index in [-0.39, 0.29) is 5.60 Å². The lowest BCUT2D eigenvalue weighted by atomic mass is 10.0. The van der Waals surface area contributed by atoms with Crippen LogP contribution in [0.25, 0.3) is 0 Å². The van der Waals surface area contributed by atoms with Crippen LogP contribution in [0.1, 0.15) is 31.2 Å². The third-order valence-electron chi connectivity index (χ3n) is 3.67. The third-order valence-corrected chi connectivity index (χ3v) is 3.67. The first-order valence-corrected chi connectivity index (χ1v) is 6.14. The number of aromatic nitrogens is 2. The molecule has 1 N–H and O–H groups in total. The van der Waals surface area contributed by atoms with E-state index < -0.39 is 0 Å². The van der Waals surface area contributed by atoms with Gasteiger partial charge in [-0.25, -0.2) is 4.98 Å². The van der Waals surface area contributed by atoms with Crippen LogP contribution in [0.15, 0.2) is 6.33 Å². The van der Waals surface area contributed by atoms with E-state index in [0.29, 0.717) is 0 Å². The van der Waals surface area contributed by atoms with Gasteiger partial charge in [0.25, 0.3) is 0 Å². The minimum atomic E-state index is 0.0271. The molecule has 1 aromatic rings. The monoisotopic (exact) mass is 221 g/mol. The normalized spacial score (nSPS) is 29.3. The number of hydrogen-bond donors (Lipinski definition) is 1. The molecule has 88 valence electrons. The molecule has 3 heterocycles. The average molecular weight is 221 g/mol. The molecule has 0 aliphatic carbocycles.